The molecule has 0 radical (unpaired) electrons. The number of hydrogen-bond donors (Lipinski definition) is 1. The number of hydrogen-bond acceptors (Lipinski definition) is 2. The van der Waals surface area contributed by atoms with Gasteiger partial charge >= 0.3 is 0 Å². The van der Waals surface area contributed by atoms with Gasteiger partial charge in [0.1, 0.15) is 12.4 Å². The Morgan fingerprint density at radius 3 is 2.89 bits per heavy atom. The summed E-state index contributed by atoms with van der Waals surface area (Å²) in [4.78, 5) is 0. The van der Waals surface area contributed by atoms with Gasteiger partial charge in [-0.05, 0) is 12.1 Å². The van der Waals surface area contributed by atoms with E-state index in [1.165, 1.54) is 12.3 Å². The fourth-order valence-corrected chi connectivity index (χ4v) is 1.65. The maximum atomic E-state index is 13.8. The van der Waals surface area contributed by atoms with Crippen molar-refractivity contribution in [3.63, 3.8) is 0 Å². The van der Waals surface area contributed by atoms with Crippen molar-refractivity contribution < 1.29 is 9.50 Å². The van der Waals surface area contributed by atoms with Crippen molar-refractivity contribution in [2.75, 3.05) is 6.61 Å². The molecule has 3 nitrogen and oxygen atoms in total. The highest BCUT2D eigenvalue weighted by atomic mass is 35.5. The zero-order valence-electron chi connectivity index (χ0n) is 9.40. The maximum Gasteiger partial charge on any atom is 0.129 e. The largest absolute Gasteiger partial charge is 0.384 e. The van der Waals surface area contributed by atoms with E-state index in [9.17, 15) is 4.39 Å². The van der Waals surface area contributed by atoms with Crippen LogP contribution in [0.1, 0.15) is 11.1 Å². The third-order valence-electron chi connectivity index (χ3n) is 2.30. The third-order valence-corrected chi connectivity index (χ3v) is 2.49. The number of aromatic nitrogens is 2. The highest BCUT2D eigenvalue weighted by Crippen LogP contribution is 2.13. The summed E-state index contributed by atoms with van der Waals surface area (Å²) in [7, 11) is 0. The molecule has 0 saturated heterocycles. The lowest BCUT2D eigenvalue weighted by atomic mass is 10.1. The Morgan fingerprint density at radius 1 is 1.44 bits per heavy atom. The lowest BCUT2D eigenvalue weighted by Crippen LogP contribution is -2.02. The van der Waals surface area contributed by atoms with Crippen molar-refractivity contribution in [2.45, 2.75) is 6.54 Å². The summed E-state index contributed by atoms with van der Waals surface area (Å²) < 4.78 is 15.3. The second kappa shape index (κ2) is 5.67. The Bertz CT molecular complexity index is 613. The molecule has 1 aromatic heterocycles. The second-order valence-electron chi connectivity index (χ2n) is 3.62. The fourth-order valence-electron chi connectivity index (χ4n) is 1.49. The van der Waals surface area contributed by atoms with Gasteiger partial charge < -0.3 is 5.11 Å². The summed E-state index contributed by atoms with van der Waals surface area (Å²) >= 11 is 5.73. The SMILES string of the molecule is OCC#Cc1ccc(Cn2cc(Cl)cn2)c(F)c1. The monoisotopic (exact) mass is 264 g/mol. The number of aliphatic hydroxyl groups excluding tert-OH is 1. The van der Waals surface area contributed by atoms with E-state index in [0.29, 0.717) is 22.7 Å². The summed E-state index contributed by atoms with van der Waals surface area (Å²) in [5.41, 5.74) is 1.04. The lowest BCUT2D eigenvalue weighted by Gasteiger charge is -2.03. The average Bonchev–Trinajstić information content (AvgIpc) is 2.75. The topological polar surface area (TPSA) is 38.0 Å². The van der Waals surface area contributed by atoms with Gasteiger partial charge in [0.2, 0.25) is 0 Å². The van der Waals surface area contributed by atoms with Crippen molar-refractivity contribution in [2.24, 2.45) is 0 Å². The van der Waals surface area contributed by atoms with Crippen LogP contribution in [0.25, 0.3) is 0 Å². The number of benzene rings is 1. The maximum absolute atomic E-state index is 13.8. The molecule has 1 N–H and O–H groups in total. The molecule has 2 aromatic rings. The van der Waals surface area contributed by atoms with Crippen molar-refractivity contribution >= 4 is 11.6 Å². The lowest BCUT2D eigenvalue weighted by molar-refractivity contribution is 0.350. The quantitative estimate of drug-likeness (QED) is 0.844. The summed E-state index contributed by atoms with van der Waals surface area (Å²) in [6.45, 7) is 0.0709. The van der Waals surface area contributed by atoms with E-state index < -0.39 is 0 Å². The fraction of sp³-hybridized carbons (Fsp3) is 0.154. The number of aliphatic hydroxyl groups is 1. The van der Waals surface area contributed by atoms with Crippen LogP contribution in [-0.4, -0.2) is 21.5 Å². The summed E-state index contributed by atoms with van der Waals surface area (Å²) in [5, 5.41) is 13.1. The first-order valence-electron chi connectivity index (χ1n) is 5.25. The molecule has 0 amide bonds. The van der Waals surface area contributed by atoms with Crippen molar-refractivity contribution in [3.05, 3.63) is 52.6 Å². The number of halogens is 2. The molecule has 5 heteroatoms. The van der Waals surface area contributed by atoms with Gasteiger partial charge in [0.05, 0.1) is 17.8 Å². The standard InChI is InChI=1S/C13H10ClFN2O/c14-12-7-16-17(9-12)8-11-4-3-10(2-1-5-18)6-13(11)15/h3-4,6-7,9,18H,5,8H2. The van der Waals surface area contributed by atoms with E-state index in [1.54, 1.807) is 23.0 Å². The van der Waals surface area contributed by atoms with Crippen LogP contribution < -0.4 is 0 Å². The molecule has 0 aliphatic rings. The second-order valence-corrected chi connectivity index (χ2v) is 4.06. The van der Waals surface area contributed by atoms with Crippen molar-refractivity contribution in [1.29, 1.82) is 0 Å². The molecule has 2 rings (SSSR count). The van der Waals surface area contributed by atoms with Crippen LogP contribution in [0.3, 0.4) is 0 Å². The van der Waals surface area contributed by atoms with Gasteiger partial charge in [-0.3, -0.25) is 4.68 Å². The van der Waals surface area contributed by atoms with Gasteiger partial charge in [-0.25, -0.2) is 4.39 Å². The van der Waals surface area contributed by atoms with E-state index in [0.717, 1.165) is 0 Å². The van der Waals surface area contributed by atoms with Crippen LogP contribution in [-0.2, 0) is 6.54 Å². The van der Waals surface area contributed by atoms with Gasteiger partial charge in [0, 0.05) is 17.3 Å². The average molecular weight is 265 g/mol. The number of nitrogens with zero attached hydrogens (tertiary/aromatic N) is 2. The Morgan fingerprint density at radius 2 is 2.28 bits per heavy atom. The molecular weight excluding hydrogens is 255 g/mol. The van der Waals surface area contributed by atoms with Crippen LogP contribution in [0.5, 0.6) is 0 Å². The first kappa shape index (κ1) is 12.6. The van der Waals surface area contributed by atoms with E-state index >= 15 is 0 Å². The predicted octanol–water partition coefficient (Wildman–Crippen LogP) is 2.07. The van der Waals surface area contributed by atoms with Gasteiger partial charge in [-0.1, -0.05) is 29.5 Å². The minimum absolute atomic E-state index is 0.241. The molecule has 0 fully saturated rings. The smallest absolute Gasteiger partial charge is 0.129 e. The first-order chi connectivity index (χ1) is 8.69. The van der Waals surface area contributed by atoms with E-state index in [2.05, 4.69) is 16.9 Å². The predicted molar refractivity (Wildman–Crippen MR) is 66.7 cm³/mol. The first-order valence-corrected chi connectivity index (χ1v) is 5.63. The number of rotatable bonds is 2. The van der Waals surface area contributed by atoms with Crippen LogP contribution in [0, 0.1) is 17.7 Å². The summed E-state index contributed by atoms with van der Waals surface area (Å²) in [5.74, 6) is 4.76. The minimum atomic E-state index is -0.355. The molecule has 0 aliphatic heterocycles. The molecule has 0 aliphatic carbocycles. The molecule has 0 unspecified atom stereocenters. The molecular formula is C13H10ClFN2O. The van der Waals surface area contributed by atoms with Gasteiger partial charge in [-0.15, -0.1) is 0 Å². The van der Waals surface area contributed by atoms with Crippen LogP contribution in [0.15, 0.2) is 30.6 Å². The van der Waals surface area contributed by atoms with E-state index in [4.69, 9.17) is 16.7 Å². The molecule has 1 aromatic carbocycles. The minimum Gasteiger partial charge on any atom is -0.384 e. The Balaban J connectivity index is 2.19. The van der Waals surface area contributed by atoms with Crippen LogP contribution in [0.2, 0.25) is 5.02 Å². The third kappa shape index (κ3) is 3.10. The van der Waals surface area contributed by atoms with Gasteiger partial charge in [-0.2, -0.15) is 5.10 Å². The van der Waals surface area contributed by atoms with Crippen molar-refractivity contribution in [3.8, 4) is 11.8 Å². The van der Waals surface area contributed by atoms with Gasteiger partial charge in [0.25, 0.3) is 0 Å². The Hall–Kier alpha value is -1.83. The Kier molecular flexibility index (Phi) is 3.98. The molecule has 0 saturated carbocycles. The molecule has 1 heterocycles. The molecule has 0 bridgehead atoms. The highest BCUT2D eigenvalue weighted by molar-refractivity contribution is 6.30. The van der Waals surface area contributed by atoms with E-state index in [-0.39, 0.29) is 12.4 Å². The summed E-state index contributed by atoms with van der Waals surface area (Å²) in [6, 6.07) is 4.68. The summed E-state index contributed by atoms with van der Waals surface area (Å²) in [6.07, 6.45) is 3.13. The molecule has 92 valence electrons. The van der Waals surface area contributed by atoms with Crippen LogP contribution in [0.4, 0.5) is 4.39 Å². The zero-order valence-corrected chi connectivity index (χ0v) is 10.2. The molecule has 0 atom stereocenters. The van der Waals surface area contributed by atoms with Gasteiger partial charge in [0.15, 0.2) is 0 Å². The molecule has 0 spiro atoms. The van der Waals surface area contributed by atoms with E-state index in [1.807, 2.05) is 0 Å². The van der Waals surface area contributed by atoms with Crippen LogP contribution >= 0.6 is 11.6 Å². The van der Waals surface area contributed by atoms with Crippen molar-refractivity contribution in [1.82, 2.24) is 9.78 Å². The Labute approximate surface area is 109 Å². The normalized spacial score (nSPS) is 9.94. The highest BCUT2D eigenvalue weighted by Gasteiger charge is 2.04. The zero-order chi connectivity index (χ0) is 13.0. The molecule has 18 heavy (non-hydrogen) atoms.